The van der Waals surface area contributed by atoms with Crippen molar-refractivity contribution in [1.82, 2.24) is 0 Å². The van der Waals surface area contributed by atoms with Crippen LogP contribution in [0, 0.1) is 0 Å². The molecule has 22 heavy (non-hydrogen) atoms. The van der Waals surface area contributed by atoms with Gasteiger partial charge in [0.25, 0.3) is 0 Å². The number of esters is 2. The molecule has 0 aliphatic carbocycles. The lowest BCUT2D eigenvalue weighted by atomic mass is 10.1. The van der Waals surface area contributed by atoms with Crippen LogP contribution in [-0.4, -0.2) is 38.4 Å². The second-order valence-corrected chi connectivity index (χ2v) is 5.08. The molecule has 0 aliphatic rings. The second-order valence-electron chi connectivity index (χ2n) is 5.08. The second kappa shape index (κ2) is 16.0. The van der Waals surface area contributed by atoms with Crippen molar-refractivity contribution in [2.24, 2.45) is 0 Å². The maximum Gasteiger partial charge on any atom is 0.330 e. The van der Waals surface area contributed by atoms with E-state index in [9.17, 15) is 9.59 Å². The fourth-order valence-electron chi connectivity index (χ4n) is 1.88. The van der Waals surface area contributed by atoms with Gasteiger partial charge in [-0.15, -0.1) is 0 Å². The molecule has 128 valence electrons. The summed E-state index contributed by atoms with van der Waals surface area (Å²) >= 11 is 0. The number of hydrogen-bond donors (Lipinski definition) is 0. The minimum atomic E-state index is -0.468. The molecule has 0 atom stereocenters. The van der Waals surface area contributed by atoms with Crippen LogP contribution in [0.2, 0.25) is 0 Å². The van der Waals surface area contributed by atoms with Gasteiger partial charge in [0.15, 0.2) is 0 Å². The summed E-state index contributed by atoms with van der Waals surface area (Å²) in [5, 5.41) is 0. The summed E-state index contributed by atoms with van der Waals surface area (Å²) in [5.74, 6) is -0.639. The van der Waals surface area contributed by atoms with Crippen LogP contribution in [0.25, 0.3) is 0 Å². The summed E-state index contributed by atoms with van der Waals surface area (Å²) in [6.07, 6.45) is 9.86. The molecule has 0 bridgehead atoms. The lowest BCUT2D eigenvalue weighted by Gasteiger charge is -2.06. The zero-order chi connectivity index (χ0) is 16.5. The third kappa shape index (κ3) is 15.0. The summed E-state index contributed by atoms with van der Waals surface area (Å²) in [6.45, 7) is 6.51. The highest BCUT2D eigenvalue weighted by atomic mass is 16.6. The van der Waals surface area contributed by atoms with Crippen LogP contribution in [0.3, 0.4) is 0 Å². The maximum absolute atomic E-state index is 11.4. The molecule has 0 aliphatic heterocycles. The molecule has 0 unspecified atom stereocenters. The zero-order valence-corrected chi connectivity index (χ0v) is 13.8. The molecule has 0 aromatic carbocycles. The van der Waals surface area contributed by atoms with E-state index >= 15 is 0 Å². The van der Waals surface area contributed by atoms with E-state index in [4.69, 9.17) is 14.2 Å². The van der Waals surface area contributed by atoms with Crippen molar-refractivity contribution in [2.45, 2.75) is 58.3 Å². The Labute approximate surface area is 134 Å². The fourth-order valence-corrected chi connectivity index (χ4v) is 1.88. The van der Waals surface area contributed by atoms with Crippen LogP contribution in [0.15, 0.2) is 12.7 Å². The van der Waals surface area contributed by atoms with Gasteiger partial charge in [-0.1, -0.05) is 52.0 Å². The highest BCUT2D eigenvalue weighted by Crippen LogP contribution is 2.08. The highest BCUT2D eigenvalue weighted by molar-refractivity contribution is 5.81. The van der Waals surface area contributed by atoms with Crippen molar-refractivity contribution in [2.75, 3.05) is 26.4 Å². The molecule has 5 heteroatoms. The van der Waals surface area contributed by atoms with Crippen LogP contribution in [0.4, 0.5) is 0 Å². The molecule has 0 amide bonds. The van der Waals surface area contributed by atoms with E-state index in [0.717, 1.165) is 18.9 Å². The van der Waals surface area contributed by atoms with Gasteiger partial charge in [-0.3, -0.25) is 4.79 Å². The largest absolute Gasteiger partial charge is 0.463 e. The van der Waals surface area contributed by atoms with E-state index in [1.165, 1.54) is 32.1 Å². The van der Waals surface area contributed by atoms with E-state index in [1.54, 1.807) is 0 Å². The lowest BCUT2D eigenvalue weighted by molar-refractivity contribution is -0.145. The molecule has 0 aromatic rings. The summed E-state index contributed by atoms with van der Waals surface area (Å²) < 4.78 is 14.9. The highest BCUT2D eigenvalue weighted by Gasteiger charge is 2.02. The van der Waals surface area contributed by atoms with Crippen LogP contribution in [0.1, 0.15) is 58.3 Å². The Morgan fingerprint density at radius 1 is 0.864 bits per heavy atom. The smallest absolute Gasteiger partial charge is 0.330 e. The normalized spacial score (nSPS) is 10.2. The molecule has 0 saturated carbocycles. The molecule has 0 rings (SSSR count). The first-order valence-corrected chi connectivity index (χ1v) is 8.23. The predicted octanol–water partition coefficient (Wildman–Crippen LogP) is 3.42. The van der Waals surface area contributed by atoms with Gasteiger partial charge in [0.2, 0.25) is 0 Å². The van der Waals surface area contributed by atoms with E-state index in [0.29, 0.717) is 13.0 Å². The van der Waals surface area contributed by atoms with Gasteiger partial charge < -0.3 is 14.2 Å². The summed E-state index contributed by atoms with van der Waals surface area (Å²) in [5.41, 5.74) is 0. The number of rotatable bonds is 15. The molecular weight excluding hydrogens is 284 g/mol. The van der Waals surface area contributed by atoms with E-state index in [2.05, 4.69) is 13.5 Å². The molecule has 0 heterocycles. The Kier molecular flexibility index (Phi) is 15.0. The van der Waals surface area contributed by atoms with Gasteiger partial charge in [-0.05, 0) is 6.42 Å². The van der Waals surface area contributed by atoms with Crippen LogP contribution >= 0.6 is 0 Å². The molecule has 0 fully saturated rings. The zero-order valence-electron chi connectivity index (χ0n) is 13.8. The first-order valence-electron chi connectivity index (χ1n) is 8.23. The van der Waals surface area contributed by atoms with E-state index < -0.39 is 5.97 Å². The Balaban J connectivity index is 3.22. The lowest BCUT2D eigenvalue weighted by Crippen LogP contribution is -2.13. The maximum atomic E-state index is 11.4. The summed E-state index contributed by atoms with van der Waals surface area (Å²) in [6, 6.07) is 0. The van der Waals surface area contributed by atoms with Crippen molar-refractivity contribution in [3.8, 4) is 0 Å². The number of hydrogen-bond acceptors (Lipinski definition) is 5. The predicted molar refractivity (Wildman–Crippen MR) is 85.5 cm³/mol. The number of ether oxygens (including phenoxy) is 3. The van der Waals surface area contributed by atoms with Crippen molar-refractivity contribution in [3.05, 3.63) is 12.7 Å². The number of carbonyl (C=O) groups is 2. The average molecular weight is 314 g/mol. The molecule has 0 spiro atoms. The first kappa shape index (κ1) is 20.6. The van der Waals surface area contributed by atoms with Crippen LogP contribution in [0.5, 0.6) is 0 Å². The standard InChI is InChI=1S/C17H30O5/c1-3-5-6-7-8-9-10-11-17(19)22-15-13-20-12-14-21-16(18)4-2/h4H,2-3,5-15H2,1H3. The average Bonchev–Trinajstić information content (AvgIpc) is 2.52. The number of carbonyl (C=O) groups excluding carboxylic acids is 2. The molecule has 0 radical (unpaired) electrons. The minimum Gasteiger partial charge on any atom is -0.463 e. The van der Waals surface area contributed by atoms with E-state index in [-0.39, 0.29) is 25.8 Å². The van der Waals surface area contributed by atoms with Gasteiger partial charge in [0.05, 0.1) is 13.2 Å². The Morgan fingerprint density at radius 2 is 1.45 bits per heavy atom. The van der Waals surface area contributed by atoms with Crippen molar-refractivity contribution >= 4 is 11.9 Å². The van der Waals surface area contributed by atoms with Gasteiger partial charge in [0, 0.05) is 12.5 Å². The summed E-state index contributed by atoms with van der Waals surface area (Å²) in [4.78, 5) is 22.2. The SMILES string of the molecule is C=CC(=O)OCCOCCOC(=O)CCCCCCCCC. The Bertz CT molecular complexity index is 301. The Hall–Kier alpha value is -1.36. The quantitative estimate of drug-likeness (QED) is 0.263. The monoisotopic (exact) mass is 314 g/mol. The summed E-state index contributed by atoms with van der Waals surface area (Å²) in [7, 11) is 0. The fraction of sp³-hybridized carbons (Fsp3) is 0.765. The van der Waals surface area contributed by atoms with Gasteiger partial charge in [-0.2, -0.15) is 0 Å². The van der Waals surface area contributed by atoms with Crippen LogP contribution in [-0.2, 0) is 23.8 Å². The van der Waals surface area contributed by atoms with Crippen molar-refractivity contribution in [1.29, 1.82) is 0 Å². The number of unbranched alkanes of at least 4 members (excludes halogenated alkanes) is 6. The molecule has 0 aromatic heterocycles. The molecule has 5 nitrogen and oxygen atoms in total. The van der Waals surface area contributed by atoms with Crippen LogP contribution < -0.4 is 0 Å². The van der Waals surface area contributed by atoms with Crippen molar-refractivity contribution < 1.29 is 23.8 Å². The third-order valence-electron chi connectivity index (χ3n) is 3.11. The molecule has 0 N–H and O–H groups in total. The topological polar surface area (TPSA) is 61.8 Å². The minimum absolute atomic E-state index is 0.171. The van der Waals surface area contributed by atoms with Gasteiger partial charge >= 0.3 is 11.9 Å². The van der Waals surface area contributed by atoms with Gasteiger partial charge in [-0.25, -0.2) is 4.79 Å². The molecule has 0 saturated heterocycles. The van der Waals surface area contributed by atoms with Gasteiger partial charge in [0.1, 0.15) is 13.2 Å². The first-order chi connectivity index (χ1) is 10.7. The Morgan fingerprint density at radius 3 is 2.09 bits per heavy atom. The van der Waals surface area contributed by atoms with Crippen molar-refractivity contribution in [3.63, 3.8) is 0 Å². The molecular formula is C17H30O5. The third-order valence-corrected chi connectivity index (χ3v) is 3.11. The van der Waals surface area contributed by atoms with E-state index in [1.807, 2.05) is 0 Å².